The third-order valence-electron chi connectivity index (χ3n) is 4.38. The molecule has 24 heavy (non-hydrogen) atoms. The van der Waals surface area contributed by atoms with Gasteiger partial charge in [0.25, 0.3) is 0 Å². The maximum absolute atomic E-state index is 13.0. The fourth-order valence-corrected chi connectivity index (χ4v) is 2.92. The molecule has 128 valence electrons. The van der Waals surface area contributed by atoms with Crippen LogP contribution in [0.2, 0.25) is 0 Å². The minimum Gasteiger partial charge on any atom is -0.368 e. The van der Waals surface area contributed by atoms with Crippen molar-refractivity contribution in [1.29, 1.82) is 0 Å². The molecule has 0 spiro atoms. The number of piperazine rings is 1. The number of rotatable bonds is 5. The predicted octanol–water partition coefficient (Wildman–Crippen LogP) is 2.18. The largest absolute Gasteiger partial charge is 0.368 e. The van der Waals surface area contributed by atoms with Gasteiger partial charge in [0, 0.05) is 45.0 Å². The first-order chi connectivity index (χ1) is 11.7. The van der Waals surface area contributed by atoms with Gasteiger partial charge in [0.2, 0.25) is 5.95 Å². The summed E-state index contributed by atoms with van der Waals surface area (Å²) in [6.07, 6.45) is 1.72. The van der Waals surface area contributed by atoms with Gasteiger partial charge in [0.15, 0.2) is 5.82 Å². The van der Waals surface area contributed by atoms with Crippen LogP contribution in [0.3, 0.4) is 0 Å². The summed E-state index contributed by atoms with van der Waals surface area (Å²) < 4.78 is 13.0. The molecule has 0 radical (unpaired) electrons. The van der Waals surface area contributed by atoms with Gasteiger partial charge >= 0.3 is 0 Å². The quantitative estimate of drug-likeness (QED) is 0.837. The normalized spacial score (nSPS) is 14.8. The topological polar surface area (TPSA) is 48.4 Å². The van der Waals surface area contributed by atoms with Gasteiger partial charge < -0.3 is 14.7 Å². The highest BCUT2D eigenvalue weighted by molar-refractivity contribution is 5.49. The van der Waals surface area contributed by atoms with Crippen LogP contribution in [0, 0.1) is 5.82 Å². The standard InChI is InChI=1S/C17H23FN6/c1-3-22(4-2)17-20-16(13-19-21-17)24-11-9-23(10-12-24)15-7-5-14(18)6-8-15/h5-8,13H,3-4,9-12H2,1-2H3. The van der Waals surface area contributed by atoms with Gasteiger partial charge in [0.05, 0.1) is 6.20 Å². The van der Waals surface area contributed by atoms with E-state index in [0.29, 0.717) is 5.95 Å². The molecule has 1 aliphatic heterocycles. The third kappa shape index (κ3) is 3.55. The lowest BCUT2D eigenvalue weighted by Gasteiger charge is -2.36. The Kier molecular flexibility index (Phi) is 5.08. The Morgan fingerprint density at radius 3 is 2.25 bits per heavy atom. The second kappa shape index (κ2) is 7.42. The van der Waals surface area contributed by atoms with Gasteiger partial charge in [-0.3, -0.25) is 0 Å². The van der Waals surface area contributed by atoms with Crippen molar-refractivity contribution in [2.24, 2.45) is 0 Å². The number of hydrogen-bond acceptors (Lipinski definition) is 6. The summed E-state index contributed by atoms with van der Waals surface area (Å²) >= 11 is 0. The Hall–Kier alpha value is -2.44. The van der Waals surface area contributed by atoms with Crippen LogP contribution in [0.4, 0.5) is 21.8 Å². The molecule has 2 aromatic rings. The zero-order valence-electron chi connectivity index (χ0n) is 14.2. The molecule has 0 amide bonds. The molecule has 1 fully saturated rings. The molecule has 1 aromatic heterocycles. The van der Waals surface area contributed by atoms with Crippen molar-refractivity contribution in [1.82, 2.24) is 15.2 Å². The maximum atomic E-state index is 13.0. The predicted molar refractivity (Wildman–Crippen MR) is 94.2 cm³/mol. The summed E-state index contributed by atoms with van der Waals surface area (Å²) in [7, 11) is 0. The van der Waals surface area contributed by atoms with Crippen LogP contribution in [-0.4, -0.2) is 54.4 Å². The molecule has 6 nitrogen and oxygen atoms in total. The van der Waals surface area contributed by atoms with Crippen molar-refractivity contribution in [3.63, 3.8) is 0 Å². The van der Waals surface area contributed by atoms with E-state index in [2.05, 4.69) is 43.7 Å². The summed E-state index contributed by atoms with van der Waals surface area (Å²) in [5.74, 6) is 1.34. The van der Waals surface area contributed by atoms with E-state index in [1.807, 2.05) is 12.1 Å². The Morgan fingerprint density at radius 2 is 1.62 bits per heavy atom. The van der Waals surface area contributed by atoms with E-state index in [1.165, 1.54) is 12.1 Å². The van der Waals surface area contributed by atoms with Crippen molar-refractivity contribution >= 4 is 17.5 Å². The van der Waals surface area contributed by atoms with Crippen molar-refractivity contribution in [2.45, 2.75) is 13.8 Å². The molecule has 1 aromatic carbocycles. The van der Waals surface area contributed by atoms with E-state index in [-0.39, 0.29) is 5.82 Å². The second-order valence-electron chi connectivity index (χ2n) is 5.74. The van der Waals surface area contributed by atoms with Crippen LogP contribution >= 0.6 is 0 Å². The summed E-state index contributed by atoms with van der Waals surface area (Å²) in [5, 5.41) is 8.25. The molecule has 0 atom stereocenters. The monoisotopic (exact) mass is 330 g/mol. The lowest BCUT2D eigenvalue weighted by Crippen LogP contribution is -2.47. The fraction of sp³-hybridized carbons (Fsp3) is 0.471. The molecular weight excluding hydrogens is 307 g/mol. The first kappa shape index (κ1) is 16.4. The average molecular weight is 330 g/mol. The second-order valence-corrected chi connectivity index (χ2v) is 5.74. The van der Waals surface area contributed by atoms with Crippen LogP contribution in [0.5, 0.6) is 0 Å². The van der Waals surface area contributed by atoms with Gasteiger partial charge in [0.1, 0.15) is 5.82 Å². The van der Waals surface area contributed by atoms with Gasteiger partial charge in [-0.2, -0.15) is 10.1 Å². The zero-order valence-corrected chi connectivity index (χ0v) is 14.2. The van der Waals surface area contributed by atoms with Crippen molar-refractivity contribution < 1.29 is 4.39 Å². The number of benzene rings is 1. The van der Waals surface area contributed by atoms with Gasteiger partial charge in [-0.25, -0.2) is 4.39 Å². The van der Waals surface area contributed by atoms with Gasteiger partial charge in [-0.1, -0.05) is 0 Å². The average Bonchev–Trinajstić information content (AvgIpc) is 2.64. The highest BCUT2D eigenvalue weighted by atomic mass is 19.1. The lowest BCUT2D eigenvalue weighted by molar-refractivity contribution is 0.623. The van der Waals surface area contributed by atoms with E-state index >= 15 is 0 Å². The first-order valence-electron chi connectivity index (χ1n) is 8.41. The van der Waals surface area contributed by atoms with E-state index in [4.69, 9.17) is 0 Å². The smallest absolute Gasteiger partial charge is 0.247 e. The Morgan fingerprint density at radius 1 is 1.00 bits per heavy atom. The van der Waals surface area contributed by atoms with Crippen LogP contribution in [0.25, 0.3) is 0 Å². The Balaban J connectivity index is 1.66. The highest BCUT2D eigenvalue weighted by Crippen LogP contribution is 2.20. The number of aromatic nitrogens is 3. The molecule has 0 N–H and O–H groups in total. The van der Waals surface area contributed by atoms with Crippen LogP contribution in [-0.2, 0) is 0 Å². The molecule has 0 saturated carbocycles. The fourth-order valence-electron chi connectivity index (χ4n) is 2.92. The molecule has 0 unspecified atom stereocenters. The number of halogens is 1. The van der Waals surface area contributed by atoms with E-state index in [1.54, 1.807) is 6.20 Å². The third-order valence-corrected chi connectivity index (χ3v) is 4.38. The van der Waals surface area contributed by atoms with E-state index in [9.17, 15) is 4.39 Å². The summed E-state index contributed by atoms with van der Waals surface area (Å²) in [6.45, 7) is 9.34. The Bertz CT molecular complexity index is 650. The van der Waals surface area contributed by atoms with Crippen LogP contribution < -0.4 is 14.7 Å². The van der Waals surface area contributed by atoms with Gasteiger partial charge in [-0.05, 0) is 38.1 Å². The lowest BCUT2D eigenvalue weighted by atomic mass is 10.2. The number of hydrogen-bond donors (Lipinski definition) is 0. The molecule has 3 rings (SSSR count). The first-order valence-corrected chi connectivity index (χ1v) is 8.41. The Labute approximate surface area is 141 Å². The maximum Gasteiger partial charge on any atom is 0.247 e. The summed E-state index contributed by atoms with van der Waals surface area (Å²) in [6, 6.07) is 6.67. The van der Waals surface area contributed by atoms with Crippen LogP contribution in [0.1, 0.15) is 13.8 Å². The number of anilines is 3. The molecular formula is C17H23FN6. The molecule has 2 heterocycles. The van der Waals surface area contributed by atoms with Crippen LogP contribution in [0.15, 0.2) is 30.5 Å². The molecule has 0 bridgehead atoms. The van der Waals surface area contributed by atoms with Gasteiger partial charge in [-0.15, -0.1) is 5.10 Å². The summed E-state index contributed by atoms with van der Waals surface area (Å²) in [5.41, 5.74) is 1.06. The van der Waals surface area contributed by atoms with E-state index in [0.717, 1.165) is 50.8 Å². The van der Waals surface area contributed by atoms with Crippen molar-refractivity contribution in [3.8, 4) is 0 Å². The zero-order chi connectivity index (χ0) is 16.9. The molecule has 1 saturated heterocycles. The molecule has 7 heteroatoms. The van der Waals surface area contributed by atoms with E-state index < -0.39 is 0 Å². The minimum atomic E-state index is -0.201. The van der Waals surface area contributed by atoms with Crippen molar-refractivity contribution in [3.05, 3.63) is 36.3 Å². The van der Waals surface area contributed by atoms with Crippen molar-refractivity contribution in [2.75, 3.05) is 54.0 Å². The SMILES string of the molecule is CCN(CC)c1nncc(N2CCN(c3ccc(F)cc3)CC2)n1. The molecule has 1 aliphatic rings. The number of nitrogens with zero attached hydrogens (tertiary/aromatic N) is 6. The minimum absolute atomic E-state index is 0.201. The summed E-state index contributed by atoms with van der Waals surface area (Å²) in [4.78, 5) is 11.2. The molecule has 0 aliphatic carbocycles. The highest BCUT2D eigenvalue weighted by Gasteiger charge is 2.19.